The van der Waals surface area contributed by atoms with Crippen LogP contribution in [0.15, 0.2) is 56.9 Å². The highest BCUT2D eigenvalue weighted by Crippen LogP contribution is 2.20. The maximum atomic E-state index is 12.9. The molecule has 1 aromatic heterocycles. The molecule has 0 radical (unpaired) electrons. The molecule has 0 unspecified atom stereocenters. The van der Waals surface area contributed by atoms with Crippen molar-refractivity contribution in [3.05, 3.63) is 67.9 Å². The van der Waals surface area contributed by atoms with E-state index in [1.807, 2.05) is 18.2 Å². The molecule has 0 aliphatic heterocycles. The molecule has 3 rings (SSSR count). The van der Waals surface area contributed by atoms with Gasteiger partial charge in [0.1, 0.15) is 0 Å². The number of carbonyl (C=O) groups is 1. The van der Waals surface area contributed by atoms with Crippen LogP contribution in [0.25, 0.3) is 10.9 Å². The Kier molecular flexibility index (Phi) is 7.71. The van der Waals surface area contributed by atoms with E-state index in [-0.39, 0.29) is 17.2 Å². The van der Waals surface area contributed by atoms with Crippen LogP contribution in [0.4, 0.5) is 0 Å². The van der Waals surface area contributed by atoms with E-state index in [9.17, 15) is 9.59 Å². The number of nitrogens with one attached hydrogen (secondary N) is 1. The minimum absolute atomic E-state index is 0.141. The summed E-state index contributed by atoms with van der Waals surface area (Å²) in [5, 5.41) is 4.48. The number of benzene rings is 2. The minimum atomic E-state index is -0.157. The zero-order valence-electron chi connectivity index (χ0n) is 15.7. The van der Waals surface area contributed by atoms with Gasteiger partial charge in [0.15, 0.2) is 5.16 Å². The summed E-state index contributed by atoms with van der Waals surface area (Å²) in [5.74, 6) is -0.0133. The quantitative estimate of drug-likeness (QED) is 0.379. The maximum Gasteiger partial charge on any atom is 0.262 e. The molecule has 29 heavy (non-hydrogen) atoms. The molecule has 0 fully saturated rings. The maximum absolute atomic E-state index is 12.9. The number of rotatable bonds is 8. The fraction of sp³-hybridized carbons (Fsp3) is 0.250. The van der Waals surface area contributed by atoms with Crippen LogP contribution in [0, 0.1) is 0 Å². The average molecular weight is 497 g/mol. The lowest BCUT2D eigenvalue weighted by molar-refractivity contribution is -0.118. The van der Waals surface area contributed by atoms with Crippen LogP contribution in [0.1, 0.15) is 5.56 Å². The van der Waals surface area contributed by atoms with Crippen molar-refractivity contribution in [2.24, 2.45) is 0 Å². The summed E-state index contributed by atoms with van der Waals surface area (Å²) < 4.78 is 7.48. The standard InChI is InChI=1S/C20H19BrClN3O3S/c1-28-8-7-25-19(27)16-10-14(21)5-6-17(16)24-20(25)29-12-18(26)23-11-13-3-2-4-15(22)9-13/h2-6,9-10H,7-8,11-12H2,1H3,(H,23,26). The van der Waals surface area contributed by atoms with E-state index in [2.05, 4.69) is 26.2 Å². The van der Waals surface area contributed by atoms with Crippen molar-refractivity contribution in [2.45, 2.75) is 18.2 Å². The third kappa shape index (κ3) is 5.82. The molecule has 1 N–H and O–H groups in total. The van der Waals surface area contributed by atoms with Crippen LogP contribution in [-0.4, -0.2) is 34.9 Å². The minimum Gasteiger partial charge on any atom is -0.383 e. The number of thioether (sulfide) groups is 1. The van der Waals surface area contributed by atoms with Crippen molar-refractivity contribution in [3.8, 4) is 0 Å². The molecule has 1 heterocycles. The lowest BCUT2D eigenvalue weighted by Crippen LogP contribution is -2.27. The summed E-state index contributed by atoms with van der Waals surface area (Å²) >= 11 is 10.6. The molecule has 0 saturated heterocycles. The molecule has 0 aliphatic rings. The first-order chi connectivity index (χ1) is 14.0. The molecular formula is C20H19BrClN3O3S. The van der Waals surface area contributed by atoms with Gasteiger partial charge in [-0.25, -0.2) is 4.98 Å². The Labute approximate surface area is 185 Å². The number of nitrogens with zero attached hydrogens (tertiary/aromatic N) is 2. The average Bonchev–Trinajstić information content (AvgIpc) is 2.71. The van der Waals surface area contributed by atoms with Crippen molar-refractivity contribution < 1.29 is 9.53 Å². The monoisotopic (exact) mass is 495 g/mol. The van der Waals surface area contributed by atoms with E-state index in [1.54, 1.807) is 35.9 Å². The van der Waals surface area contributed by atoms with Crippen molar-refractivity contribution in [3.63, 3.8) is 0 Å². The van der Waals surface area contributed by atoms with Gasteiger partial charge in [0.25, 0.3) is 5.56 Å². The van der Waals surface area contributed by atoms with Crippen LogP contribution >= 0.6 is 39.3 Å². The second-order valence-corrected chi connectivity index (χ2v) is 8.50. The molecular weight excluding hydrogens is 478 g/mol. The van der Waals surface area contributed by atoms with Crippen LogP contribution < -0.4 is 10.9 Å². The zero-order valence-corrected chi connectivity index (χ0v) is 18.8. The Morgan fingerprint density at radius 1 is 1.31 bits per heavy atom. The number of methoxy groups -OCH3 is 1. The topological polar surface area (TPSA) is 73.2 Å². The lowest BCUT2D eigenvalue weighted by atomic mass is 10.2. The number of fused-ring (bicyclic) bond motifs is 1. The fourth-order valence-corrected chi connectivity index (χ4v) is 4.12. The molecule has 0 bridgehead atoms. The Morgan fingerprint density at radius 2 is 2.14 bits per heavy atom. The summed E-state index contributed by atoms with van der Waals surface area (Å²) in [7, 11) is 1.58. The summed E-state index contributed by atoms with van der Waals surface area (Å²) in [6.45, 7) is 1.11. The van der Waals surface area contributed by atoms with E-state index < -0.39 is 0 Å². The van der Waals surface area contributed by atoms with Crippen molar-refractivity contribution in [1.29, 1.82) is 0 Å². The Bertz CT molecular complexity index is 1090. The summed E-state index contributed by atoms with van der Waals surface area (Å²) in [4.78, 5) is 29.8. The second-order valence-electron chi connectivity index (χ2n) is 6.20. The van der Waals surface area contributed by atoms with E-state index in [1.165, 1.54) is 11.8 Å². The molecule has 0 aliphatic carbocycles. The highest BCUT2D eigenvalue weighted by molar-refractivity contribution is 9.10. The molecule has 3 aromatic rings. The second kappa shape index (κ2) is 10.2. The first-order valence-electron chi connectivity index (χ1n) is 8.81. The normalized spacial score (nSPS) is 11.0. The van der Waals surface area contributed by atoms with Gasteiger partial charge in [-0.2, -0.15) is 0 Å². The smallest absolute Gasteiger partial charge is 0.262 e. The first kappa shape index (κ1) is 21.8. The molecule has 152 valence electrons. The van der Waals surface area contributed by atoms with Crippen LogP contribution in [-0.2, 0) is 22.6 Å². The Balaban J connectivity index is 1.74. The highest BCUT2D eigenvalue weighted by atomic mass is 79.9. The van der Waals surface area contributed by atoms with E-state index in [4.69, 9.17) is 16.3 Å². The van der Waals surface area contributed by atoms with Gasteiger partial charge in [-0.05, 0) is 35.9 Å². The van der Waals surface area contributed by atoms with E-state index in [0.717, 1.165) is 10.0 Å². The number of halogens is 2. The van der Waals surface area contributed by atoms with Gasteiger partial charge in [-0.15, -0.1) is 0 Å². The molecule has 0 saturated carbocycles. The molecule has 9 heteroatoms. The number of amides is 1. The summed E-state index contributed by atoms with van der Waals surface area (Å²) in [6, 6.07) is 12.7. The molecule has 1 amide bonds. The molecule has 0 spiro atoms. The van der Waals surface area contributed by atoms with Gasteiger partial charge in [-0.1, -0.05) is 51.4 Å². The number of aromatic nitrogens is 2. The van der Waals surface area contributed by atoms with Gasteiger partial charge >= 0.3 is 0 Å². The van der Waals surface area contributed by atoms with Gasteiger partial charge in [0.05, 0.1) is 29.8 Å². The van der Waals surface area contributed by atoms with Gasteiger partial charge in [0.2, 0.25) is 5.91 Å². The number of ether oxygens (including phenoxy) is 1. The number of hydrogen-bond donors (Lipinski definition) is 1. The van der Waals surface area contributed by atoms with Gasteiger partial charge in [-0.3, -0.25) is 14.2 Å². The third-order valence-corrected chi connectivity index (χ3v) is 5.82. The predicted molar refractivity (Wildman–Crippen MR) is 120 cm³/mol. The lowest BCUT2D eigenvalue weighted by Gasteiger charge is -2.13. The SMILES string of the molecule is COCCn1c(SCC(=O)NCc2cccc(Cl)c2)nc2ccc(Br)cc2c1=O. The molecule has 0 atom stereocenters. The van der Waals surface area contributed by atoms with Crippen molar-refractivity contribution in [2.75, 3.05) is 19.5 Å². The fourth-order valence-electron chi connectivity index (χ4n) is 2.69. The van der Waals surface area contributed by atoms with Crippen LogP contribution in [0.2, 0.25) is 5.02 Å². The number of hydrogen-bond acceptors (Lipinski definition) is 5. The van der Waals surface area contributed by atoms with Crippen LogP contribution in [0.3, 0.4) is 0 Å². The Hall–Kier alpha value is -1.87. The van der Waals surface area contributed by atoms with Gasteiger partial charge < -0.3 is 10.1 Å². The molecule has 2 aromatic carbocycles. The van der Waals surface area contributed by atoms with Crippen LogP contribution in [0.5, 0.6) is 0 Å². The van der Waals surface area contributed by atoms with Gasteiger partial charge in [0, 0.05) is 23.1 Å². The van der Waals surface area contributed by atoms with E-state index >= 15 is 0 Å². The highest BCUT2D eigenvalue weighted by Gasteiger charge is 2.13. The number of carbonyl (C=O) groups excluding carboxylic acids is 1. The van der Waals surface area contributed by atoms with Crippen molar-refractivity contribution in [1.82, 2.24) is 14.9 Å². The Morgan fingerprint density at radius 3 is 2.90 bits per heavy atom. The first-order valence-corrected chi connectivity index (χ1v) is 11.0. The summed E-state index contributed by atoms with van der Waals surface area (Å²) in [5.41, 5.74) is 1.35. The predicted octanol–water partition coefficient (Wildman–Crippen LogP) is 3.87. The summed E-state index contributed by atoms with van der Waals surface area (Å²) in [6.07, 6.45) is 0. The van der Waals surface area contributed by atoms with E-state index in [0.29, 0.717) is 40.8 Å². The third-order valence-electron chi connectivity index (χ3n) is 4.11. The zero-order chi connectivity index (χ0) is 20.8. The molecule has 6 nitrogen and oxygen atoms in total. The largest absolute Gasteiger partial charge is 0.383 e. The van der Waals surface area contributed by atoms with Crippen molar-refractivity contribution >= 4 is 56.1 Å².